The van der Waals surface area contributed by atoms with Crippen LogP contribution in [0.3, 0.4) is 0 Å². The molecule has 3 aromatic rings. The lowest BCUT2D eigenvalue weighted by Gasteiger charge is -2.18. The molecule has 0 radical (unpaired) electrons. The molecule has 1 aliphatic heterocycles. The van der Waals surface area contributed by atoms with Crippen LogP contribution in [0.4, 0.5) is 0 Å². The Bertz CT molecular complexity index is 1080. The van der Waals surface area contributed by atoms with Crippen LogP contribution in [0.25, 0.3) is 11.3 Å². The SMILES string of the molecule is Cc1ccccc1OCCN(C)C(=O)c1cn(C)nc1-c1ccc2c(c1)OCCCO2. The van der Waals surface area contributed by atoms with Crippen molar-refractivity contribution in [2.45, 2.75) is 13.3 Å². The number of fused-ring (bicyclic) bond motifs is 1. The monoisotopic (exact) mass is 421 g/mol. The Morgan fingerprint density at radius 1 is 1.16 bits per heavy atom. The Labute approximate surface area is 182 Å². The van der Waals surface area contributed by atoms with E-state index in [9.17, 15) is 4.79 Å². The number of carbonyl (C=O) groups is 1. The van der Waals surface area contributed by atoms with Crippen LogP contribution >= 0.6 is 0 Å². The molecule has 1 amide bonds. The topological polar surface area (TPSA) is 65.8 Å². The highest BCUT2D eigenvalue weighted by molar-refractivity contribution is 5.99. The fourth-order valence-corrected chi connectivity index (χ4v) is 3.49. The highest BCUT2D eigenvalue weighted by atomic mass is 16.5. The van der Waals surface area contributed by atoms with Crippen molar-refractivity contribution in [3.8, 4) is 28.5 Å². The second kappa shape index (κ2) is 9.12. The average Bonchev–Trinajstić information content (AvgIpc) is 3.00. The molecule has 0 atom stereocenters. The van der Waals surface area contributed by atoms with Gasteiger partial charge >= 0.3 is 0 Å². The first-order chi connectivity index (χ1) is 15.0. The number of likely N-dealkylation sites (N-methyl/N-ethyl adjacent to an activating group) is 1. The minimum Gasteiger partial charge on any atom is -0.491 e. The molecular weight excluding hydrogens is 394 g/mol. The van der Waals surface area contributed by atoms with Gasteiger partial charge in [0.25, 0.3) is 5.91 Å². The summed E-state index contributed by atoms with van der Waals surface area (Å²) in [5, 5.41) is 4.54. The number of hydrogen-bond acceptors (Lipinski definition) is 5. The lowest BCUT2D eigenvalue weighted by atomic mass is 10.1. The molecule has 0 fully saturated rings. The second-order valence-corrected chi connectivity index (χ2v) is 7.62. The van der Waals surface area contributed by atoms with Crippen LogP contribution in [0, 0.1) is 6.92 Å². The Kier molecular flexibility index (Phi) is 6.11. The number of amides is 1. The molecule has 0 N–H and O–H groups in total. The van der Waals surface area contributed by atoms with Crippen molar-refractivity contribution in [3.63, 3.8) is 0 Å². The van der Waals surface area contributed by atoms with Crippen LogP contribution in [0.2, 0.25) is 0 Å². The summed E-state index contributed by atoms with van der Waals surface area (Å²) in [5.41, 5.74) is 3.04. The summed E-state index contributed by atoms with van der Waals surface area (Å²) in [6.45, 7) is 4.11. The van der Waals surface area contributed by atoms with Crippen LogP contribution in [0.1, 0.15) is 22.3 Å². The third-order valence-corrected chi connectivity index (χ3v) is 5.20. The molecule has 0 saturated heterocycles. The summed E-state index contributed by atoms with van der Waals surface area (Å²) < 4.78 is 19.0. The van der Waals surface area contributed by atoms with Crippen molar-refractivity contribution in [2.75, 3.05) is 33.4 Å². The van der Waals surface area contributed by atoms with E-state index in [1.54, 1.807) is 22.8 Å². The zero-order valence-corrected chi connectivity index (χ0v) is 18.1. The minimum absolute atomic E-state index is 0.108. The number of aryl methyl sites for hydroxylation is 2. The number of hydrogen-bond donors (Lipinski definition) is 0. The first-order valence-corrected chi connectivity index (χ1v) is 10.4. The van der Waals surface area contributed by atoms with E-state index in [2.05, 4.69) is 5.10 Å². The number of carbonyl (C=O) groups excluding carboxylic acids is 1. The van der Waals surface area contributed by atoms with Gasteiger partial charge in [-0.2, -0.15) is 5.10 Å². The number of ether oxygens (including phenoxy) is 3. The molecule has 162 valence electrons. The van der Waals surface area contributed by atoms with E-state index in [1.807, 2.05) is 56.4 Å². The van der Waals surface area contributed by atoms with Crippen molar-refractivity contribution in [1.82, 2.24) is 14.7 Å². The molecule has 1 aliphatic rings. The van der Waals surface area contributed by atoms with Gasteiger partial charge in [-0.05, 0) is 36.8 Å². The summed E-state index contributed by atoms with van der Waals surface area (Å²) in [4.78, 5) is 14.8. The van der Waals surface area contributed by atoms with E-state index in [1.165, 1.54) is 0 Å². The maximum Gasteiger partial charge on any atom is 0.257 e. The second-order valence-electron chi connectivity index (χ2n) is 7.62. The molecule has 31 heavy (non-hydrogen) atoms. The molecule has 1 aromatic heterocycles. The molecule has 0 aliphatic carbocycles. The fourth-order valence-electron chi connectivity index (χ4n) is 3.49. The maximum atomic E-state index is 13.2. The van der Waals surface area contributed by atoms with E-state index in [0.717, 1.165) is 29.0 Å². The van der Waals surface area contributed by atoms with Crippen molar-refractivity contribution in [3.05, 3.63) is 59.8 Å². The molecule has 4 rings (SSSR count). The third kappa shape index (κ3) is 4.66. The Morgan fingerprint density at radius 2 is 1.94 bits per heavy atom. The summed E-state index contributed by atoms with van der Waals surface area (Å²) in [5.74, 6) is 2.12. The summed E-state index contributed by atoms with van der Waals surface area (Å²) in [6, 6.07) is 13.5. The van der Waals surface area contributed by atoms with Crippen LogP contribution in [0.5, 0.6) is 17.2 Å². The van der Waals surface area contributed by atoms with E-state index >= 15 is 0 Å². The predicted octanol–water partition coefficient (Wildman–Crippen LogP) is 3.71. The molecule has 7 heteroatoms. The van der Waals surface area contributed by atoms with Gasteiger partial charge < -0.3 is 19.1 Å². The molecule has 0 bridgehead atoms. The zero-order valence-electron chi connectivity index (χ0n) is 18.1. The van der Waals surface area contributed by atoms with Gasteiger partial charge in [0.15, 0.2) is 11.5 Å². The highest BCUT2D eigenvalue weighted by Crippen LogP contribution is 2.35. The van der Waals surface area contributed by atoms with Gasteiger partial charge in [0.05, 0.1) is 25.3 Å². The van der Waals surface area contributed by atoms with E-state index in [4.69, 9.17) is 14.2 Å². The van der Waals surface area contributed by atoms with Gasteiger partial charge in [-0.25, -0.2) is 0 Å². The number of aromatic nitrogens is 2. The van der Waals surface area contributed by atoms with Crippen LogP contribution in [-0.4, -0.2) is 54.0 Å². The molecule has 0 unspecified atom stereocenters. The van der Waals surface area contributed by atoms with Gasteiger partial charge in [0.1, 0.15) is 18.1 Å². The van der Waals surface area contributed by atoms with Gasteiger partial charge in [0.2, 0.25) is 0 Å². The number of nitrogens with zero attached hydrogens (tertiary/aromatic N) is 3. The average molecular weight is 421 g/mol. The standard InChI is InChI=1S/C24H27N3O4/c1-17-7-4-5-8-20(17)31-14-11-26(2)24(28)19-16-27(3)25-23(19)18-9-10-21-22(15-18)30-13-6-12-29-21/h4-5,7-10,15-16H,6,11-14H2,1-3H3. The van der Waals surface area contributed by atoms with Gasteiger partial charge in [0, 0.05) is 32.3 Å². The molecule has 7 nitrogen and oxygen atoms in total. The fraction of sp³-hybridized carbons (Fsp3) is 0.333. The highest BCUT2D eigenvalue weighted by Gasteiger charge is 2.22. The predicted molar refractivity (Wildman–Crippen MR) is 118 cm³/mol. The maximum absolute atomic E-state index is 13.2. The number of benzene rings is 2. The lowest BCUT2D eigenvalue weighted by molar-refractivity contribution is 0.0774. The van der Waals surface area contributed by atoms with Crippen molar-refractivity contribution >= 4 is 5.91 Å². The van der Waals surface area contributed by atoms with Crippen LogP contribution < -0.4 is 14.2 Å². The van der Waals surface area contributed by atoms with Gasteiger partial charge in [-0.3, -0.25) is 9.48 Å². The Hall–Kier alpha value is -3.48. The van der Waals surface area contributed by atoms with Crippen molar-refractivity contribution < 1.29 is 19.0 Å². The largest absolute Gasteiger partial charge is 0.491 e. The zero-order chi connectivity index (χ0) is 21.8. The summed E-state index contributed by atoms with van der Waals surface area (Å²) in [6.07, 6.45) is 2.59. The van der Waals surface area contributed by atoms with E-state index < -0.39 is 0 Å². The quantitative estimate of drug-likeness (QED) is 0.607. The smallest absolute Gasteiger partial charge is 0.257 e. The number of para-hydroxylation sites is 1. The van der Waals surface area contributed by atoms with Crippen molar-refractivity contribution in [1.29, 1.82) is 0 Å². The van der Waals surface area contributed by atoms with Crippen LogP contribution in [0.15, 0.2) is 48.7 Å². The first-order valence-electron chi connectivity index (χ1n) is 10.4. The summed E-state index contributed by atoms with van der Waals surface area (Å²) >= 11 is 0. The Morgan fingerprint density at radius 3 is 2.74 bits per heavy atom. The molecule has 2 aromatic carbocycles. The minimum atomic E-state index is -0.108. The molecule has 2 heterocycles. The normalized spacial score (nSPS) is 12.9. The number of rotatable bonds is 6. The molecular formula is C24H27N3O4. The molecule has 0 spiro atoms. The van der Waals surface area contributed by atoms with Gasteiger partial charge in [-0.15, -0.1) is 0 Å². The lowest BCUT2D eigenvalue weighted by Crippen LogP contribution is -2.31. The van der Waals surface area contributed by atoms with Crippen LogP contribution in [-0.2, 0) is 7.05 Å². The van der Waals surface area contributed by atoms with Crippen molar-refractivity contribution in [2.24, 2.45) is 7.05 Å². The Balaban J connectivity index is 1.49. The summed E-state index contributed by atoms with van der Waals surface area (Å²) in [7, 11) is 3.58. The molecule has 0 saturated carbocycles. The van der Waals surface area contributed by atoms with E-state index in [-0.39, 0.29) is 5.91 Å². The first kappa shape index (κ1) is 20.8. The van der Waals surface area contributed by atoms with E-state index in [0.29, 0.717) is 43.4 Å². The third-order valence-electron chi connectivity index (χ3n) is 5.20. The van der Waals surface area contributed by atoms with Gasteiger partial charge in [-0.1, -0.05) is 18.2 Å².